The molecule has 2 aliphatic heterocycles. The van der Waals surface area contributed by atoms with Crippen LogP contribution in [0.25, 0.3) is 21.5 Å². The maximum absolute atomic E-state index is 13.9. The maximum Gasteiger partial charge on any atom is 0.303 e. The highest BCUT2D eigenvalue weighted by atomic mass is 32.2. The molecule has 0 radical (unpaired) electrons. The maximum atomic E-state index is 13.9. The molecule has 2 heterocycles. The molecule has 30 heteroatoms. The molecule has 3 atom stereocenters. The minimum Gasteiger partial charge on any atom is -0.481 e. The van der Waals surface area contributed by atoms with E-state index in [2.05, 4.69) is 10.6 Å². The third kappa shape index (κ3) is 18.6. The first kappa shape index (κ1) is 73.5. The summed E-state index contributed by atoms with van der Waals surface area (Å²) >= 11 is 0. The van der Waals surface area contributed by atoms with E-state index >= 15 is 0 Å². The van der Waals surface area contributed by atoms with E-state index in [4.69, 9.17) is 0 Å². The summed E-state index contributed by atoms with van der Waals surface area (Å²) in [6, 6.07) is 11.0. The Balaban J connectivity index is 1.29. The number of carbonyl (C=O) groups excluding carboxylic acids is 4. The zero-order valence-corrected chi connectivity index (χ0v) is 54.6. The fourth-order valence-electron chi connectivity index (χ4n) is 12.0. The van der Waals surface area contributed by atoms with Crippen LogP contribution in [-0.4, -0.2) is 150 Å². The van der Waals surface area contributed by atoms with Crippen molar-refractivity contribution in [2.45, 2.75) is 156 Å². The summed E-state index contributed by atoms with van der Waals surface area (Å²) in [7, 11) is -19.1. The van der Waals surface area contributed by atoms with Gasteiger partial charge in [0.1, 0.15) is 17.2 Å². The first-order valence-corrected chi connectivity index (χ1v) is 35.5. The number of hydrogen-bond donors (Lipinski definition) is 9. The second-order valence-corrected chi connectivity index (χ2v) is 29.7. The van der Waals surface area contributed by atoms with Crippen LogP contribution in [0, 0.1) is 11.8 Å². The van der Waals surface area contributed by atoms with E-state index in [1.54, 1.807) is 75.4 Å². The molecule has 4 aromatic carbocycles. The second-order valence-electron chi connectivity index (χ2n) is 23.9. The number of hydrogen-bond acceptors (Lipinski definition) is 16. The van der Waals surface area contributed by atoms with Gasteiger partial charge in [0.05, 0.1) is 27.0 Å². The van der Waals surface area contributed by atoms with Gasteiger partial charge in [-0.1, -0.05) is 57.6 Å². The predicted octanol–water partition coefficient (Wildman–Crippen LogP) is 7.50. The van der Waals surface area contributed by atoms with Crippen molar-refractivity contribution in [3.05, 3.63) is 102 Å². The molecule has 92 heavy (non-hydrogen) atoms. The molecule has 0 bridgehead atoms. The number of benzene rings is 4. The Labute approximate surface area is 533 Å². The van der Waals surface area contributed by atoms with Crippen molar-refractivity contribution in [2.24, 2.45) is 11.8 Å². The lowest BCUT2D eigenvalue weighted by molar-refractivity contribution is -0.437. The Hall–Kier alpha value is -7.58. The Bertz CT molecular complexity index is 4190. The van der Waals surface area contributed by atoms with E-state index in [1.165, 1.54) is 18.2 Å². The van der Waals surface area contributed by atoms with Gasteiger partial charge in [-0.2, -0.15) is 38.2 Å². The Morgan fingerprint density at radius 2 is 1.22 bits per heavy atom. The van der Waals surface area contributed by atoms with Gasteiger partial charge in [-0.3, -0.25) is 51.8 Å². The minimum absolute atomic E-state index is 0.00602. The normalized spacial score (nSPS) is 16.3. The molecule has 0 fully saturated rings. The third-order valence-corrected chi connectivity index (χ3v) is 19.8. The van der Waals surface area contributed by atoms with Crippen LogP contribution >= 0.6 is 0 Å². The first-order chi connectivity index (χ1) is 42.8. The van der Waals surface area contributed by atoms with Crippen molar-refractivity contribution in [2.75, 3.05) is 30.3 Å². The third-order valence-electron chi connectivity index (χ3n) is 16.4. The van der Waals surface area contributed by atoms with Gasteiger partial charge in [0, 0.05) is 110 Å². The molecule has 0 aromatic heterocycles. The zero-order valence-electron chi connectivity index (χ0n) is 51.3. The van der Waals surface area contributed by atoms with Crippen molar-refractivity contribution in [1.82, 2.24) is 10.6 Å². The van der Waals surface area contributed by atoms with E-state index in [0.717, 1.165) is 6.07 Å². The molecule has 3 unspecified atom stereocenters. The summed E-state index contributed by atoms with van der Waals surface area (Å²) in [5, 5.41) is 34.6. The van der Waals surface area contributed by atoms with Crippen LogP contribution < -0.4 is 15.5 Å². The smallest absolute Gasteiger partial charge is 0.303 e. The molecule has 0 saturated heterocycles. The molecule has 0 saturated carbocycles. The average Bonchev–Trinajstić information content (AvgIpc) is 1.54. The van der Waals surface area contributed by atoms with E-state index < -0.39 is 165 Å². The standard InChI is InChI=1S/C62H76N4O22S4/c1-6-29-63-59(75)40(20-27-55(71)72)34-50(68)47(23-28-56(73)74)64-60(76)39(19-26-54(69)70)33-41(67)14-9-8-12-30-65-49-25-22-44-46(36-43(91(83,84)85)37-51(44)92(86,87)88)58(49)62(4,5)53(65)16-11-7-10-15-52-61(2,3)57-45-35-42(90(80,81)82)21-17-38(45)18-24-48(57)66(52)31-13-32-89(77,78)79/h7,10-11,15-18,21-22,24-25,35-37,39-40,47H,6,8-9,12-14,19-20,23,26-34H2,1-5H3,(H8-,63,64,69,70,71,72,73,74,75,76,77,78,79,80,81,82,83,84,85,86,87,88)/p+1. The van der Waals surface area contributed by atoms with Gasteiger partial charge in [0.25, 0.3) is 40.5 Å². The number of carboxylic acids is 3. The summed E-state index contributed by atoms with van der Waals surface area (Å²) in [6.07, 6.45) is 6.39. The molecule has 2 aliphatic rings. The molecule has 2 amide bonds. The topological polar surface area (TPSA) is 428 Å². The van der Waals surface area contributed by atoms with E-state index in [9.17, 15) is 101 Å². The van der Waals surface area contributed by atoms with Crippen LogP contribution in [0.2, 0.25) is 0 Å². The van der Waals surface area contributed by atoms with Crippen molar-refractivity contribution in [3.63, 3.8) is 0 Å². The largest absolute Gasteiger partial charge is 0.481 e. The number of rotatable bonds is 35. The molecule has 6 rings (SSSR count). The fourth-order valence-corrected chi connectivity index (χ4v) is 14.4. The van der Waals surface area contributed by atoms with Crippen molar-refractivity contribution >= 4 is 120 Å². The van der Waals surface area contributed by atoms with Gasteiger partial charge in [-0.25, -0.2) is 0 Å². The summed E-state index contributed by atoms with van der Waals surface area (Å²) < 4.78 is 141. The number of ketones is 2. The molecular formula is C62H77N4O22S4+. The highest BCUT2D eigenvalue weighted by Crippen LogP contribution is 2.52. The number of nitrogens with one attached hydrogen (secondary N) is 2. The summed E-state index contributed by atoms with van der Waals surface area (Å²) in [6.45, 7) is 9.68. The van der Waals surface area contributed by atoms with E-state index in [0.29, 0.717) is 70.0 Å². The number of amides is 2. The van der Waals surface area contributed by atoms with Crippen LogP contribution in [0.1, 0.15) is 136 Å². The Morgan fingerprint density at radius 1 is 0.609 bits per heavy atom. The Morgan fingerprint density at radius 3 is 1.82 bits per heavy atom. The number of Topliss-reactive ketones (excluding diaryl/α,β-unsaturated/α-hetero) is 2. The SMILES string of the molecule is CCCNC(=O)C(CCC(=O)O)CC(=O)C(CCC(=O)O)NC(=O)C(CCC(=O)O)CC(=O)CCCCCN1/C(=C/C=C/C=C/C2=[N+](CCCS(=O)(=O)O)c3ccc4ccc(S(=O)(=O)O)cc4c3C2(C)C)C(C)(C)c2c1ccc1c(S(=O)(=O)O)cc(S(=O)(=O)O)cc21. The number of fused-ring (bicyclic) bond motifs is 6. The monoisotopic (exact) mass is 1360 g/mol. The van der Waals surface area contributed by atoms with Crippen LogP contribution in [0.4, 0.5) is 11.4 Å². The number of carbonyl (C=O) groups is 7. The van der Waals surface area contributed by atoms with E-state index in [1.807, 2.05) is 23.3 Å². The summed E-state index contributed by atoms with van der Waals surface area (Å²) in [5.74, 6) is -9.55. The number of unbranched alkanes of at least 4 members (excludes halogenated alkanes) is 2. The average molecular weight is 1360 g/mol. The number of nitrogens with zero attached hydrogens (tertiary/aromatic N) is 2. The summed E-state index contributed by atoms with van der Waals surface area (Å²) in [5.41, 5.74) is 1.44. The highest BCUT2D eigenvalue weighted by Gasteiger charge is 2.46. The van der Waals surface area contributed by atoms with Gasteiger partial charge in [-0.15, -0.1) is 0 Å². The lowest BCUT2D eigenvalue weighted by Gasteiger charge is -2.27. The quantitative estimate of drug-likeness (QED) is 0.00931. The van der Waals surface area contributed by atoms with Crippen LogP contribution in [0.15, 0.2) is 105 Å². The molecule has 0 spiro atoms. The number of allylic oxidation sites excluding steroid dienone is 6. The second kappa shape index (κ2) is 30.0. The van der Waals surface area contributed by atoms with Crippen LogP contribution in [0.5, 0.6) is 0 Å². The minimum atomic E-state index is -5.09. The van der Waals surface area contributed by atoms with Crippen molar-refractivity contribution in [1.29, 1.82) is 0 Å². The number of aliphatic carboxylic acids is 3. The lowest BCUT2D eigenvalue weighted by Crippen LogP contribution is -2.46. The predicted molar refractivity (Wildman–Crippen MR) is 338 cm³/mol. The number of carboxylic acid groups (broad SMARTS) is 3. The van der Waals surface area contributed by atoms with Crippen molar-refractivity contribution < 1.29 is 105 Å². The van der Waals surface area contributed by atoms with Crippen LogP contribution in [-0.2, 0) is 84.9 Å². The molecule has 26 nitrogen and oxygen atoms in total. The first-order valence-electron chi connectivity index (χ1n) is 29.6. The summed E-state index contributed by atoms with van der Waals surface area (Å²) in [4.78, 5) is 88.9. The molecule has 9 N–H and O–H groups in total. The molecular weight excluding hydrogens is 1280 g/mol. The zero-order chi connectivity index (χ0) is 68.5. The van der Waals surface area contributed by atoms with Crippen molar-refractivity contribution in [3.8, 4) is 0 Å². The van der Waals surface area contributed by atoms with Gasteiger partial charge in [0.15, 0.2) is 11.5 Å². The molecule has 0 aliphatic carbocycles. The van der Waals surface area contributed by atoms with Crippen LogP contribution in [0.3, 0.4) is 0 Å². The Kier molecular flexibility index (Phi) is 24.0. The van der Waals surface area contributed by atoms with Gasteiger partial charge >= 0.3 is 17.9 Å². The van der Waals surface area contributed by atoms with Gasteiger partial charge < -0.3 is 30.9 Å². The molecule has 500 valence electrons. The lowest BCUT2D eigenvalue weighted by atomic mass is 9.79. The van der Waals surface area contributed by atoms with Gasteiger partial charge in [0.2, 0.25) is 17.5 Å². The highest BCUT2D eigenvalue weighted by molar-refractivity contribution is 7.87. The fraction of sp³-hybridized carbons (Fsp3) is 0.452. The van der Waals surface area contributed by atoms with Gasteiger partial charge in [-0.05, 0) is 117 Å². The van der Waals surface area contributed by atoms with E-state index in [-0.39, 0.29) is 67.4 Å². The number of anilines is 1. The molecule has 4 aromatic rings.